The lowest BCUT2D eigenvalue weighted by Crippen LogP contribution is -2.43. The van der Waals surface area contributed by atoms with E-state index in [0.29, 0.717) is 24.3 Å². The van der Waals surface area contributed by atoms with Crippen LogP contribution in [0.5, 0.6) is 0 Å². The highest BCUT2D eigenvalue weighted by Crippen LogP contribution is 2.35. The molecule has 3 rings (SSSR count). The molecule has 4 nitrogen and oxygen atoms in total. The van der Waals surface area contributed by atoms with E-state index >= 15 is 0 Å². The minimum absolute atomic E-state index is 0.126. The van der Waals surface area contributed by atoms with Crippen LogP contribution in [-0.2, 0) is 16.1 Å². The fourth-order valence-electron chi connectivity index (χ4n) is 3.20. The van der Waals surface area contributed by atoms with E-state index in [0.717, 1.165) is 11.1 Å². The Morgan fingerprint density at radius 3 is 2.60 bits per heavy atom. The first kappa shape index (κ1) is 17.5. The fraction of sp³-hybridized carbons (Fsp3) is 0.300. The summed E-state index contributed by atoms with van der Waals surface area (Å²) in [6.45, 7) is 0.217. The zero-order chi connectivity index (χ0) is 17.6. The van der Waals surface area contributed by atoms with E-state index in [4.69, 9.17) is 16.3 Å². The molecule has 130 valence electrons. The summed E-state index contributed by atoms with van der Waals surface area (Å²) in [5.41, 5.74) is 1.82. The minimum Gasteiger partial charge on any atom is -0.445 e. The molecule has 0 bridgehead atoms. The minimum atomic E-state index is -0.472. The van der Waals surface area contributed by atoms with Crippen LogP contribution in [0.1, 0.15) is 36.3 Å². The molecule has 1 fully saturated rings. The monoisotopic (exact) mass is 357 g/mol. The number of hydrogen-bond donors (Lipinski definition) is 1. The number of ether oxygens (including phenoxy) is 1. The predicted octanol–water partition coefficient (Wildman–Crippen LogP) is 4.47. The second kappa shape index (κ2) is 8.17. The Hall–Kier alpha value is -2.33. The molecule has 1 saturated carbocycles. The Balaban J connectivity index is 1.65. The number of carbonyl (C=O) groups is 2. The molecule has 2 aromatic rings. The van der Waals surface area contributed by atoms with Crippen LogP contribution < -0.4 is 5.32 Å². The lowest BCUT2D eigenvalue weighted by atomic mass is 9.79. The summed E-state index contributed by atoms with van der Waals surface area (Å²) in [4.78, 5) is 24.1. The molecule has 25 heavy (non-hydrogen) atoms. The van der Waals surface area contributed by atoms with Gasteiger partial charge in [0.05, 0.1) is 0 Å². The molecule has 1 aliphatic rings. The molecule has 0 spiro atoms. The lowest BCUT2D eigenvalue weighted by molar-refractivity contribution is -0.121. The second-order valence-electron chi connectivity index (χ2n) is 6.22. The molecule has 0 saturated heterocycles. The average molecular weight is 358 g/mol. The molecule has 0 aliphatic heterocycles. The number of carbonyl (C=O) groups excluding carboxylic acids is 2. The average Bonchev–Trinajstić information content (AvgIpc) is 2.63. The first-order valence-electron chi connectivity index (χ1n) is 8.37. The van der Waals surface area contributed by atoms with Gasteiger partial charge in [0.15, 0.2) is 0 Å². The van der Waals surface area contributed by atoms with Crippen LogP contribution in [0.3, 0.4) is 0 Å². The van der Waals surface area contributed by atoms with Crippen molar-refractivity contribution >= 4 is 23.5 Å². The summed E-state index contributed by atoms with van der Waals surface area (Å²) in [5.74, 6) is 0.0693. The van der Waals surface area contributed by atoms with Crippen molar-refractivity contribution in [3.63, 3.8) is 0 Å². The summed E-state index contributed by atoms with van der Waals surface area (Å²) in [5, 5.41) is 3.53. The van der Waals surface area contributed by atoms with E-state index in [2.05, 4.69) is 5.32 Å². The Morgan fingerprint density at radius 2 is 1.84 bits per heavy atom. The van der Waals surface area contributed by atoms with Crippen LogP contribution in [0.2, 0.25) is 5.02 Å². The first-order chi connectivity index (χ1) is 12.1. The summed E-state index contributed by atoms with van der Waals surface area (Å²) < 4.78 is 5.30. The maximum Gasteiger partial charge on any atom is 0.407 e. The number of ketones is 1. The number of Topliss-reactive ketones (excluding diaryl/α,β-unsaturated/α-hetero) is 1. The van der Waals surface area contributed by atoms with Crippen LogP contribution in [-0.4, -0.2) is 17.9 Å². The Morgan fingerprint density at radius 1 is 1.12 bits per heavy atom. The van der Waals surface area contributed by atoms with Gasteiger partial charge in [-0.05, 0) is 23.6 Å². The highest BCUT2D eigenvalue weighted by molar-refractivity contribution is 6.31. The molecule has 0 aromatic heterocycles. The van der Waals surface area contributed by atoms with Crippen molar-refractivity contribution in [3.8, 4) is 0 Å². The lowest BCUT2D eigenvalue weighted by Gasteiger charge is -2.32. The molecular weight excluding hydrogens is 338 g/mol. The smallest absolute Gasteiger partial charge is 0.407 e. The Labute approximate surface area is 152 Å². The maximum atomic E-state index is 12.2. The van der Waals surface area contributed by atoms with Crippen molar-refractivity contribution in [1.29, 1.82) is 0 Å². The Kier molecular flexibility index (Phi) is 5.71. The first-order valence-corrected chi connectivity index (χ1v) is 8.74. The molecule has 1 amide bonds. The topological polar surface area (TPSA) is 55.4 Å². The van der Waals surface area contributed by atoms with Gasteiger partial charge in [0, 0.05) is 29.8 Å². The van der Waals surface area contributed by atoms with E-state index in [-0.39, 0.29) is 24.3 Å². The van der Waals surface area contributed by atoms with Crippen LogP contribution in [0.25, 0.3) is 0 Å². The molecule has 0 unspecified atom stereocenters. The standard InChI is InChI=1S/C20H20ClNO3/c21-18-9-5-4-8-16(18)17-12-15(23)10-11-19(17)22-20(24)25-13-14-6-2-1-3-7-14/h1-9,17,19H,10-13H2,(H,22,24)/t17-,19+/m0/s1. The van der Waals surface area contributed by atoms with E-state index in [1.54, 1.807) is 6.07 Å². The molecule has 2 atom stereocenters. The third-order valence-corrected chi connectivity index (χ3v) is 4.83. The molecular formula is C20H20ClNO3. The summed E-state index contributed by atoms with van der Waals surface area (Å²) in [7, 11) is 0. The number of nitrogens with one attached hydrogen (secondary N) is 1. The van der Waals surface area contributed by atoms with Crippen molar-refractivity contribution in [3.05, 3.63) is 70.7 Å². The summed E-state index contributed by atoms with van der Waals surface area (Å²) in [6, 6.07) is 16.8. The SMILES string of the molecule is O=C1CC[C@@H](NC(=O)OCc2ccccc2)[C@H](c2ccccc2Cl)C1. The normalized spacial score (nSPS) is 20.1. The fourth-order valence-corrected chi connectivity index (χ4v) is 3.47. The van der Waals surface area contributed by atoms with Crippen molar-refractivity contribution in [2.24, 2.45) is 0 Å². The number of rotatable bonds is 4. The Bertz CT molecular complexity index is 748. The molecule has 0 heterocycles. The van der Waals surface area contributed by atoms with E-state index in [9.17, 15) is 9.59 Å². The van der Waals surface area contributed by atoms with Gasteiger partial charge in [-0.15, -0.1) is 0 Å². The van der Waals surface area contributed by atoms with Crippen molar-refractivity contribution < 1.29 is 14.3 Å². The summed E-state index contributed by atoms with van der Waals surface area (Å²) >= 11 is 6.29. The maximum absolute atomic E-state index is 12.2. The third kappa shape index (κ3) is 4.60. The van der Waals surface area contributed by atoms with Crippen molar-refractivity contribution in [2.45, 2.75) is 37.8 Å². The van der Waals surface area contributed by atoms with Crippen LogP contribution in [0.4, 0.5) is 4.79 Å². The van der Waals surface area contributed by atoms with Gasteiger partial charge < -0.3 is 10.1 Å². The van der Waals surface area contributed by atoms with Gasteiger partial charge in [-0.25, -0.2) is 4.79 Å². The molecule has 5 heteroatoms. The molecule has 1 N–H and O–H groups in total. The van der Waals surface area contributed by atoms with E-state index in [1.165, 1.54) is 0 Å². The van der Waals surface area contributed by atoms with E-state index in [1.807, 2.05) is 48.5 Å². The highest BCUT2D eigenvalue weighted by atomic mass is 35.5. The van der Waals surface area contributed by atoms with Gasteiger partial charge in [-0.2, -0.15) is 0 Å². The van der Waals surface area contributed by atoms with Gasteiger partial charge in [-0.3, -0.25) is 4.79 Å². The van der Waals surface area contributed by atoms with Crippen LogP contribution >= 0.6 is 11.6 Å². The largest absolute Gasteiger partial charge is 0.445 e. The van der Waals surface area contributed by atoms with Gasteiger partial charge in [-0.1, -0.05) is 60.1 Å². The van der Waals surface area contributed by atoms with Gasteiger partial charge in [0.2, 0.25) is 0 Å². The molecule has 0 radical (unpaired) electrons. The van der Waals surface area contributed by atoms with Crippen LogP contribution in [0.15, 0.2) is 54.6 Å². The number of benzene rings is 2. The quantitative estimate of drug-likeness (QED) is 0.878. The zero-order valence-corrected chi connectivity index (χ0v) is 14.5. The van der Waals surface area contributed by atoms with Crippen molar-refractivity contribution in [2.75, 3.05) is 0 Å². The molecule has 2 aromatic carbocycles. The second-order valence-corrected chi connectivity index (χ2v) is 6.63. The van der Waals surface area contributed by atoms with Gasteiger partial charge in [0.25, 0.3) is 0 Å². The number of halogens is 1. The number of hydrogen-bond acceptors (Lipinski definition) is 3. The highest BCUT2D eigenvalue weighted by Gasteiger charge is 2.33. The predicted molar refractivity (Wildman–Crippen MR) is 96.6 cm³/mol. The summed E-state index contributed by atoms with van der Waals surface area (Å²) in [6.07, 6.45) is 0.966. The third-order valence-electron chi connectivity index (χ3n) is 4.49. The number of alkyl carbamates (subject to hydrolysis) is 1. The number of amides is 1. The van der Waals surface area contributed by atoms with Crippen LogP contribution in [0, 0.1) is 0 Å². The van der Waals surface area contributed by atoms with Gasteiger partial charge >= 0.3 is 6.09 Å². The van der Waals surface area contributed by atoms with Crippen molar-refractivity contribution in [1.82, 2.24) is 5.32 Å². The zero-order valence-electron chi connectivity index (χ0n) is 13.8. The molecule has 1 aliphatic carbocycles. The van der Waals surface area contributed by atoms with E-state index < -0.39 is 6.09 Å². The van der Waals surface area contributed by atoms with Gasteiger partial charge in [0.1, 0.15) is 12.4 Å².